The van der Waals surface area contributed by atoms with Crippen molar-refractivity contribution >= 4 is 0 Å². The third-order valence-electron chi connectivity index (χ3n) is 3.67. The maximum Gasteiger partial charge on any atom is 0.0574 e. The molecule has 0 amide bonds. The topological polar surface area (TPSA) is 15.3 Å². The highest BCUT2D eigenvalue weighted by Gasteiger charge is 2.18. The van der Waals surface area contributed by atoms with Gasteiger partial charge in [0.2, 0.25) is 0 Å². The van der Waals surface area contributed by atoms with Gasteiger partial charge in [-0.25, -0.2) is 0 Å². The number of benzene rings is 1. The molecule has 1 unspecified atom stereocenters. The fourth-order valence-corrected chi connectivity index (χ4v) is 2.58. The summed E-state index contributed by atoms with van der Waals surface area (Å²) in [5, 5.41) is 3.30. The molecule has 1 heterocycles. The summed E-state index contributed by atoms with van der Waals surface area (Å²) in [6.45, 7) is 6.14. The molecule has 2 nitrogen and oxygen atoms in total. The van der Waals surface area contributed by atoms with Crippen molar-refractivity contribution in [3.8, 4) is 12.3 Å². The van der Waals surface area contributed by atoms with Gasteiger partial charge in [0.15, 0.2) is 0 Å². The highest BCUT2D eigenvalue weighted by Crippen LogP contribution is 2.19. The Morgan fingerprint density at radius 1 is 1.39 bits per heavy atom. The van der Waals surface area contributed by atoms with E-state index >= 15 is 0 Å². The van der Waals surface area contributed by atoms with Gasteiger partial charge < -0.3 is 5.32 Å². The second-order valence-corrected chi connectivity index (χ2v) is 5.03. The van der Waals surface area contributed by atoms with Crippen LogP contribution in [0.2, 0.25) is 0 Å². The number of aryl methyl sites for hydroxylation is 1. The van der Waals surface area contributed by atoms with Gasteiger partial charge in [0.25, 0.3) is 0 Å². The number of nitrogens with zero attached hydrogens (tertiary/aromatic N) is 1. The fourth-order valence-electron chi connectivity index (χ4n) is 2.58. The van der Waals surface area contributed by atoms with Crippen LogP contribution in [0.25, 0.3) is 0 Å². The second-order valence-electron chi connectivity index (χ2n) is 5.03. The van der Waals surface area contributed by atoms with E-state index in [-0.39, 0.29) is 0 Å². The molecular weight excluding hydrogens is 220 g/mol. The molecule has 0 spiro atoms. The fraction of sp³-hybridized carbons (Fsp3) is 0.500. The number of rotatable bonds is 4. The first-order valence-electron chi connectivity index (χ1n) is 6.76. The minimum Gasteiger partial charge on any atom is -0.305 e. The molecule has 0 fully saturated rings. The Hall–Kier alpha value is -1.30. The van der Waals surface area contributed by atoms with Crippen molar-refractivity contribution in [2.45, 2.75) is 32.4 Å². The number of hydrogen-bond donors (Lipinski definition) is 1. The van der Waals surface area contributed by atoms with Crippen LogP contribution >= 0.6 is 0 Å². The minimum atomic E-state index is 0.532. The van der Waals surface area contributed by atoms with Crippen LogP contribution in [-0.2, 0) is 13.0 Å². The van der Waals surface area contributed by atoms with Crippen molar-refractivity contribution in [1.29, 1.82) is 0 Å². The number of fused-ring (bicyclic) bond motifs is 1. The van der Waals surface area contributed by atoms with E-state index in [0.29, 0.717) is 12.6 Å². The standard InChI is InChI=1S/C16H22N2/c1-3-10-17-12-14(2)18-11-6-9-15-7-4-5-8-16(15)13-18/h1,4-5,7-8,14,17H,6,9-13H2,2H3. The lowest BCUT2D eigenvalue weighted by Gasteiger charge is -2.28. The number of hydrogen-bond acceptors (Lipinski definition) is 2. The average Bonchev–Trinajstić information content (AvgIpc) is 2.61. The van der Waals surface area contributed by atoms with Gasteiger partial charge >= 0.3 is 0 Å². The van der Waals surface area contributed by atoms with Gasteiger partial charge in [-0.05, 0) is 37.4 Å². The molecule has 0 saturated heterocycles. The zero-order chi connectivity index (χ0) is 12.8. The Kier molecular flexibility index (Phi) is 4.81. The Bertz CT molecular complexity index is 419. The van der Waals surface area contributed by atoms with E-state index in [1.807, 2.05) is 0 Å². The predicted octanol–water partition coefficient (Wildman–Crippen LogP) is 2.05. The van der Waals surface area contributed by atoms with E-state index < -0.39 is 0 Å². The molecule has 1 aliphatic rings. The third kappa shape index (κ3) is 3.35. The van der Waals surface area contributed by atoms with E-state index in [9.17, 15) is 0 Å². The highest BCUT2D eigenvalue weighted by atomic mass is 15.2. The van der Waals surface area contributed by atoms with Crippen molar-refractivity contribution in [3.63, 3.8) is 0 Å². The summed E-state index contributed by atoms with van der Waals surface area (Å²) in [6, 6.07) is 9.34. The van der Waals surface area contributed by atoms with Crippen LogP contribution in [0.3, 0.4) is 0 Å². The quantitative estimate of drug-likeness (QED) is 0.642. The number of nitrogens with one attached hydrogen (secondary N) is 1. The van der Waals surface area contributed by atoms with E-state index in [1.54, 1.807) is 0 Å². The molecule has 0 bridgehead atoms. The smallest absolute Gasteiger partial charge is 0.0574 e. The van der Waals surface area contributed by atoms with Crippen LogP contribution in [-0.4, -0.2) is 30.6 Å². The SMILES string of the molecule is C#CCNCC(C)N1CCCc2ccccc2C1. The maximum absolute atomic E-state index is 5.26. The second kappa shape index (κ2) is 6.58. The van der Waals surface area contributed by atoms with E-state index in [4.69, 9.17) is 6.42 Å². The first-order chi connectivity index (χ1) is 8.81. The molecule has 18 heavy (non-hydrogen) atoms. The molecule has 2 heteroatoms. The van der Waals surface area contributed by atoms with Crippen molar-refractivity contribution in [2.75, 3.05) is 19.6 Å². The molecule has 2 rings (SSSR count). The Morgan fingerprint density at radius 2 is 2.17 bits per heavy atom. The van der Waals surface area contributed by atoms with Gasteiger partial charge in [-0.1, -0.05) is 30.2 Å². The van der Waals surface area contributed by atoms with Crippen LogP contribution in [0, 0.1) is 12.3 Å². The predicted molar refractivity (Wildman–Crippen MR) is 76.3 cm³/mol. The van der Waals surface area contributed by atoms with Crippen LogP contribution in [0.5, 0.6) is 0 Å². The van der Waals surface area contributed by atoms with Gasteiger partial charge in [-0.2, -0.15) is 0 Å². The number of terminal acetylenes is 1. The van der Waals surface area contributed by atoms with Crippen LogP contribution in [0.4, 0.5) is 0 Å². The summed E-state index contributed by atoms with van der Waals surface area (Å²) in [6.07, 6.45) is 7.71. The summed E-state index contributed by atoms with van der Waals surface area (Å²) < 4.78 is 0. The van der Waals surface area contributed by atoms with Gasteiger partial charge in [0.05, 0.1) is 6.54 Å². The summed E-state index contributed by atoms with van der Waals surface area (Å²) in [5.41, 5.74) is 3.00. The zero-order valence-electron chi connectivity index (χ0n) is 11.2. The van der Waals surface area contributed by atoms with E-state index in [0.717, 1.165) is 13.1 Å². The molecule has 96 valence electrons. The third-order valence-corrected chi connectivity index (χ3v) is 3.67. The van der Waals surface area contributed by atoms with Crippen LogP contribution < -0.4 is 5.32 Å². The van der Waals surface area contributed by atoms with Crippen LogP contribution in [0.15, 0.2) is 24.3 Å². The maximum atomic E-state index is 5.26. The van der Waals surface area contributed by atoms with Crippen molar-refractivity contribution < 1.29 is 0 Å². The molecule has 0 saturated carbocycles. The molecule has 1 aliphatic heterocycles. The van der Waals surface area contributed by atoms with E-state index in [1.165, 1.54) is 30.5 Å². The monoisotopic (exact) mass is 242 g/mol. The molecule has 1 aromatic rings. The first kappa shape index (κ1) is 13.1. The molecule has 0 radical (unpaired) electrons. The van der Waals surface area contributed by atoms with Crippen molar-refractivity contribution in [2.24, 2.45) is 0 Å². The van der Waals surface area contributed by atoms with Crippen LogP contribution in [0.1, 0.15) is 24.5 Å². The van der Waals surface area contributed by atoms with Crippen molar-refractivity contribution in [1.82, 2.24) is 10.2 Å². The largest absolute Gasteiger partial charge is 0.305 e. The average molecular weight is 242 g/mol. The minimum absolute atomic E-state index is 0.532. The first-order valence-corrected chi connectivity index (χ1v) is 6.76. The van der Waals surface area contributed by atoms with E-state index in [2.05, 4.69) is 47.3 Å². The molecule has 1 aromatic carbocycles. The van der Waals surface area contributed by atoms with Gasteiger partial charge in [0.1, 0.15) is 0 Å². The summed E-state index contributed by atoms with van der Waals surface area (Å²) in [4.78, 5) is 2.55. The molecule has 1 N–H and O–H groups in total. The molecule has 0 aromatic heterocycles. The summed E-state index contributed by atoms with van der Waals surface area (Å²) in [7, 11) is 0. The summed E-state index contributed by atoms with van der Waals surface area (Å²) >= 11 is 0. The van der Waals surface area contributed by atoms with Gasteiger partial charge in [0, 0.05) is 19.1 Å². The Labute approximate surface area is 110 Å². The lowest BCUT2D eigenvalue weighted by atomic mass is 10.0. The molecular formula is C16H22N2. The molecule has 1 atom stereocenters. The lowest BCUT2D eigenvalue weighted by molar-refractivity contribution is 0.200. The zero-order valence-corrected chi connectivity index (χ0v) is 11.2. The summed E-state index contributed by atoms with van der Waals surface area (Å²) in [5.74, 6) is 2.62. The normalized spacial score (nSPS) is 17.6. The molecule has 0 aliphatic carbocycles. The van der Waals surface area contributed by atoms with Gasteiger partial charge in [-0.15, -0.1) is 6.42 Å². The Morgan fingerprint density at radius 3 is 2.94 bits per heavy atom. The Balaban J connectivity index is 1.97. The highest BCUT2D eigenvalue weighted by molar-refractivity contribution is 5.28. The van der Waals surface area contributed by atoms with Crippen molar-refractivity contribution in [3.05, 3.63) is 35.4 Å². The lowest BCUT2D eigenvalue weighted by Crippen LogP contribution is -2.40. The van der Waals surface area contributed by atoms with Gasteiger partial charge in [-0.3, -0.25) is 4.90 Å².